The maximum Gasteiger partial charge on any atom is 0.223 e. The Labute approximate surface area is 177 Å². The molecule has 0 spiro atoms. The average molecular weight is 405 g/mol. The highest BCUT2D eigenvalue weighted by Crippen LogP contribution is 2.20. The monoisotopic (exact) mass is 404 g/mol. The molecule has 7 nitrogen and oxygen atoms in total. The lowest BCUT2D eigenvalue weighted by atomic mass is 10.1. The third kappa shape index (κ3) is 4.35. The van der Waals surface area contributed by atoms with Crippen LogP contribution in [-0.2, 0) is 11.2 Å². The van der Waals surface area contributed by atoms with Gasteiger partial charge >= 0.3 is 0 Å². The van der Waals surface area contributed by atoms with Gasteiger partial charge in [0.15, 0.2) is 0 Å². The van der Waals surface area contributed by atoms with Gasteiger partial charge < -0.3 is 9.80 Å². The number of amides is 1. The Morgan fingerprint density at radius 1 is 0.967 bits per heavy atom. The number of carbonyl (C=O) groups is 1. The van der Waals surface area contributed by atoms with E-state index in [1.54, 1.807) is 6.33 Å². The highest BCUT2D eigenvalue weighted by Gasteiger charge is 2.22. The summed E-state index contributed by atoms with van der Waals surface area (Å²) in [5.41, 5.74) is 3.28. The lowest BCUT2D eigenvalue weighted by molar-refractivity contribution is -0.131. The Bertz CT molecular complexity index is 1020. The predicted molar refractivity (Wildman–Crippen MR) is 117 cm³/mol. The number of piperazine rings is 1. The molecule has 156 valence electrons. The summed E-state index contributed by atoms with van der Waals surface area (Å²) in [6, 6.07) is 12.2. The van der Waals surface area contributed by atoms with Crippen molar-refractivity contribution in [2.75, 3.05) is 31.1 Å². The van der Waals surface area contributed by atoms with Crippen LogP contribution in [0, 0.1) is 20.8 Å². The van der Waals surface area contributed by atoms with Crippen molar-refractivity contribution in [1.82, 2.24) is 24.4 Å². The molecule has 0 bridgehead atoms. The van der Waals surface area contributed by atoms with Crippen molar-refractivity contribution in [2.24, 2.45) is 0 Å². The quantitative estimate of drug-likeness (QED) is 0.654. The van der Waals surface area contributed by atoms with Gasteiger partial charge in [0.1, 0.15) is 23.8 Å². The van der Waals surface area contributed by atoms with Crippen LogP contribution < -0.4 is 4.90 Å². The number of rotatable bonds is 5. The van der Waals surface area contributed by atoms with Crippen LogP contribution in [0.5, 0.6) is 0 Å². The summed E-state index contributed by atoms with van der Waals surface area (Å²) in [5.74, 6) is 2.69. The number of aromatic nitrogens is 4. The van der Waals surface area contributed by atoms with Gasteiger partial charge in [-0.1, -0.05) is 30.3 Å². The van der Waals surface area contributed by atoms with E-state index in [2.05, 4.69) is 32.0 Å². The van der Waals surface area contributed by atoms with Crippen LogP contribution in [0.3, 0.4) is 0 Å². The molecule has 4 rings (SSSR count). The summed E-state index contributed by atoms with van der Waals surface area (Å²) in [6.07, 6.45) is 3.15. The SMILES string of the molecule is Cc1nc(N2CCN(C(=O)CCc3ccccc3)CC2)cc(-n2cnc(C)c2C)n1. The van der Waals surface area contributed by atoms with Gasteiger partial charge in [0, 0.05) is 44.4 Å². The number of anilines is 1. The molecule has 0 atom stereocenters. The van der Waals surface area contributed by atoms with Crippen molar-refractivity contribution in [1.29, 1.82) is 0 Å². The van der Waals surface area contributed by atoms with Gasteiger partial charge in [0.05, 0.1) is 5.69 Å². The average Bonchev–Trinajstić information content (AvgIpc) is 3.11. The van der Waals surface area contributed by atoms with E-state index >= 15 is 0 Å². The summed E-state index contributed by atoms with van der Waals surface area (Å²) in [4.78, 5) is 30.4. The summed E-state index contributed by atoms with van der Waals surface area (Å²) >= 11 is 0. The second-order valence-electron chi connectivity index (χ2n) is 7.77. The Hall–Kier alpha value is -3.22. The van der Waals surface area contributed by atoms with Gasteiger partial charge in [-0.3, -0.25) is 9.36 Å². The smallest absolute Gasteiger partial charge is 0.223 e. The molecular weight excluding hydrogens is 376 g/mol. The first-order valence-electron chi connectivity index (χ1n) is 10.4. The molecule has 1 aromatic carbocycles. The van der Waals surface area contributed by atoms with Crippen molar-refractivity contribution in [3.05, 3.63) is 65.5 Å². The molecule has 0 saturated carbocycles. The summed E-state index contributed by atoms with van der Waals surface area (Å²) in [7, 11) is 0. The van der Waals surface area contributed by atoms with E-state index in [9.17, 15) is 4.79 Å². The van der Waals surface area contributed by atoms with Crippen LogP contribution in [-0.4, -0.2) is 56.5 Å². The highest BCUT2D eigenvalue weighted by atomic mass is 16.2. The summed E-state index contributed by atoms with van der Waals surface area (Å²) in [6.45, 7) is 8.93. The molecular formula is C23H28N6O. The zero-order valence-corrected chi connectivity index (χ0v) is 17.9. The van der Waals surface area contributed by atoms with E-state index in [1.165, 1.54) is 5.56 Å². The van der Waals surface area contributed by atoms with Crippen molar-refractivity contribution in [2.45, 2.75) is 33.6 Å². The Kier molecular flexibility index (Phi) is 5.79. The van der Waals surface area contributed by atoms with Gasteiger partial charge in [-0.15, -0.1) is 0 Å². The molecule has 3 aromatic rings. The minimum absolute atomic E-state index is 0.225. The maximum absolute atomic E-state index is 12.6. The number of imidazole rings is 1. The normalized spacial score (nSPS) is 14.2. The number of carbonyl (C=O) groups excluding carboxylic acids is 1. The van der Waals surface area contributed by atoms with Crippen LogP contribution in [0.15, 0.2) is 42.7 Å². The van der Waals surface area contributed by atoms with E-state index in [4.69, 9.17) is 0 Å². The summed E-state index contributed by atoms with van der Waals surface area (Å²) < 4.78 is 2.00. The Morgan fingerprint density at radius 2 is 1.67 bits per heavy atom. The first kappa shape index (κ1) is 20.1. The third-order valence-electron chi connectivity index (χ3n) is 5.74. The molecule has 1 fully saturated rings. The summed E-state index contributed by atoms with van der Waals surface area (Å²) in [5, 5.41) is 0. The molecule has 1 aliphatic rings. The molecule has 3 heterocycles. The van der Waals surface area contributed by atoms with Crippen LogP contribution in [0.4, 0.5) is 5.82 Å². The fourth-order valence-electron chi connectivity index (χ4n) is 3.79. The first-order valence-corrected chi connectivity index (χ1v) is 10.4. The minimum atomic E-state index is 0.225. The highest BCUT2D eigenvalue weighted by molar-refractivity contribution is 5.76. The van der Waals surface area contributed by atoms with Gasteiger partial charge in [-0.25, -0.2) is 15.0 Å². The molecule has 0 unspecified atom stereocenters. The number of hydrogen-bond acceptors (Lipinski definition) is 5. The molecule has 1 amide bonds. The number of benzene rings is 1. The number of nitrogens with zero attached hydrogens (tertiary/aromatic N) is 6. The molecule has 7 heteroatoms. The van der Waals surface area contributed by atoms with Crippen molar-refractivity contribution < 1.29 is 4.79 Å². The first-order chi connectivity index (χ1) is 14.5. The topological polar surface area (TPSA) is 67.2 Å². The maximum atomic E-state index is 12.6. The van der Waals surface area contributed by atoms with Gasteiger partial charge in [-0.05, 0) is 32.8 Å². The van der Waals surface area contributed by atoms with Crippen LogP contribution in [0.25, 0.3) is 5.82 Å². The second kappa shape index (κ2) is 8.65. The van der Waals surface area contributed by atoms with E-state index in [0.717, 1.165) is 61.4 Å². The lowest BCUT2D eigenvalue weighted by Gasteiger charge is -2.35. The van der Waals surface area contributed by atoms with E-state index in [-0.39, 0.29) is 5.91 Å². The molecule has 0 radical (unpaired) electrons. The van der Waals surface area contributed by atoms with E-state index in [0.29, 0.717) is 6.42 Å². The van der Waals surface area contributed by atoms with Crippen molar-refractivity contribution in [3.63, 3.8) is 0 Å². The third-order valence-corrected chi connectivity index (χ3v) is 5.74. The Balaban J connectivity index is 1.39. The molecule has 2 aromatic heterocycles. The van der Waals surface area contributed by atoms with E-state index in [1.807, 2.05) is 54.5 Å². The molecule has 1 aliphatic heterocycles. The number of hydrogen-bond donors (Lipinski definition) is 0. The minimum Gasteiger partial charge on any atom is -0.353 e. The van der Waals surface area contributed by atoms with Gasteiger partial charge in [0.25, 0.3) is 0 Å². The van der Waals surface area contributed by atoms with Crippen molar-refractivity contribution in [3.8, 4) is 5.82 Å². The van der Waals surface area contributed by atoms with Crippen LogP contribution in [0.2, 0.25) is 0 Å². The molecule has 0 aliphatic carbocycles. The van der Waals surface area contributed by atoms with Crippen LogP contribution in [0.1, 0.15) is 29.2 Å². The second-order valence-corrected chi connectivity index (χ2v) is 7.77. The molecule has 30 heavy (non-hydrogen) atoms. The zero-order valence-electron chi connectivity index (χ0n) is 17.9. The Morgan fingerprint density at radius 3 is 2.33 bits per heavy atom. The zero-order chi connectivity index (χ0) is 21.1. The van der Waals surface area contributed by atoms with Gasteiger partial charge in [0.2, 0.25) is 5.91 Å². The molecule has 1 saturated heterocycles. The van der Waals surface area contributed by atoms with Gasteiger partial charge in [-0.2, -0.15) is 0 Å². The predicted octanol–water partition coefficient (Wildman–Crippen LogP) is 2.87. The fraction of sp³-hybridized carbons (Fsp3) is 0.391. The van der Waals surface area contributed by atoms with E-state index < -0.39 is 0 Å². The fourth-order valence-corrected chi connectivity index (χ4v) is 3.79. The lowest BCUT2D eigenvalue weighted by Crippen LogP contribution is -2.49. The number of aryl methyl sites for hydroxylation is 3. The standard InChI is InChI=1S/C23H28N6O/c1-17-18(2)29(16-24-17)22-15-21(25-19(3)26-22)27-11-13-28(14-12-27)23(30)10-9-20-7-5-4-6-8-20/h4-8,15-16H,9-14H2,1-3H3. The molecule has 0 N–H and O–H groups in total. The van der Waals surface area contributed by atoms with Crippen molar-refractivity contribution >= 4 is 11.7 Å². The van der Waals surface area contributed by atoms with Crippen LogP contribution >= 0.6 is 0 Å². The largest absolute Gasteiger partial charge is 0.353 e.